The second-order valence-corrected chi connectivity index (χ2v) is 5.75. The molecule has 0 spiro atoms. The Kier molecular flexibility index (Phi) is 3.03. The summed E-state index contributed by atoms with van der Waals surface area (Å²) in [6, 6.07) is 6.15. The lowest BCUT2D eigenvalue weighted by atomic mass is 9.93. The molecule has 2 unspecified atom stereocenters. The lowest BCUT2D eigenvalue weighted by Crippen LogP contribution is -2.17. The summed E-state index contributed by atoms with van der Waals surface area (Å²) in [6.07, 6.45) is 4.33. The molecule has 2 aliphatic rings. The first-order valence-corrected chi connectivity index (χ1v) is 7.28. The number of fused-ring (bicyclic) bond motifs is 2. The monoisotopic (exact) mass is 283 g/mol. The van der Waals surface area contributed by atoms with Crippen molar-refractivity contribution in [3.8, 4) is 11.1 Å². The number of nitrogens with zero attached hydrogens (tertiary/aromatic N) is 1. The van der Waals surface area contributed by atoms with E-state index in [1.54, 1.807) is 6.20 Å². The van der Waals surface area contributed by atoms with E-state index in [1.165, 1.54) is 5.56 Å². The van der Waals surface area contributed by atoms with Gasteiger partial charge in [-0.25, -0.2) is 0 Å². The molecule has 0 saturated heterocycles. The molecule has 1 aromatic carbocycles. The molecular formula is C17H17NO3. The normalized spacial score (nSPS) is 23.7. The van der Waals surface area contributed by atoms with Gasteiger partial charge in [0.1, 0.15) is 6.10 Å². The Morgan fingerprint density at radius 3 is 2.90 bits per heavy atom. The summed E-state index contributed by atoms with van der Waals surface area (Å²) >= 11 is 0. The molecule has 2 atom stereocenters. The zero-order valence-corrected chi connectivity index (χ0v) is 11.6. The van der Waals surface area contributed by atoms with Crippen LogP contribution in [-0.4, -0.2) is 21.8 Å². The third-order valence-electron chi connectivity index (χ3n) is 4.47. The van der Waals surface area contributed by atoms with E-state index in [0.717, 1.165) is 40.7 Å². The molecule has 4 heteroatoms. The van der Waals surface area contributed by atoms with E-state index in [2.05, 4.69) is 11.1 Å². The second-order valence-electron chi connectivity index (χ2n) is 5.75. The Morgan fingerprint density at radius 2 is 2.00 bits per heavy atom. The number of aromatic nitrogens is 1. The van der Waals surface area contributed by atoms with E-state index in [-0.39, 0.29) is 6.10 Å². The molecule has 108 valence electrons. The van der Waals surface area contributed by atoms with Crippen LogP contribution in [0.3, 0.4) is 0 Å². The van der Waals surface area contributed by atoms with Crippen LogP contribution in [0.1, 0.15) is 40.9 Å². The Balaban J connectivity index is 1.83. The average molecular weight is 283 g/mol. The highest BCUT2D eigenvalue weighted by Crippen LogP contribution is 2.37. The Bertz CT molecular complexity index is 698. The molecule has 1 aliphatic heterocycles. The van der Waals surface area contributed by atoms with Gasteiger partial charge < -0.3 is 14.9 Å². The first-order valence-electron chi connectivity index (χ1n) is 7.28. The lowest BCUT2D eigenvalue weighted by Gasteiger charge is -2.23. The van der Waals surface area contributed by atoms with Crippen molar-refractivity contribution >= 4 is 0 Å². The largest absolute Gasteiger partial charge is 0.388 e. The average Bonchev–Trinajstić information content (AvgIpc) is 2.88. The number of aryl methyl sites for hydroxylation is 1. The fourth-order valence-electron chi connectivity index (χ4n) is 3.33. The zero-order chi connectivity index (χ0) is 14.4. The molecule has 0 saturated carbocycles. The van der Waals surface area contributed by atoms with Crippen LogP contribution in [0.15, 0.2) is 30.6 Å². The summed E-state index contributed by atoms with van der Waals surface area (Å²) in [4.78, 5) is 4.27. The van der Waals surface area contributed by atoms with Gasteiger partial charge in [-0.1, -0.05) is 18.2 Å². The van der Waals surface area contributed by atoms with Crippen molar-refractivity contribution in [1.82, 2.24) is 4.98 Å². The number of aliphatic hydroxyl groups is 2. The fourth-order valence-corrected chi connectivity index (χ4v) is 3.33. The molecule has 0 bridgehead atoms. The molecule has 2 N–H and O–H groups in total. The Morgan fingerprint density at radius 1 is 1.10 bits per heavy atom. The molecule has 1 aromatic heterocycles. The molecule has 1 aliphatic carbocycles. The topological polar surface area (TPSA) is 62.6 Å². The summed E-state index contributed by atoms with van der Waals surface area (Å²) in [5.41, 5.74) is 6.20. The maximum Gasteiger partial charge on any atom is 0.104 e. The highest BCUT2D eigenvalue weighted by molar-refractivity contribution is 5.69. The minimum Gasteiger partial charge on any atom is -0.388 e. The quantitative estimate of drug-likeness (QED) is 0.843. The molecule has 2 heterocycles. The van der Waals surface area contributed by atoms with E-state index < -0.39 is 6.10 Å². The zero-order valence-electron chi connectivity index (χ0n) is 11.6. The molecule has 2 aromatic rings. The minimum absolute atomic E-state index is 0.328. The molecule has 4 nitrogen and oxygen atoms in total. The van der Waals surface area contributed by atoms with Crippen LogP contribution < -0.4 is 0 Å². The Labute approximate surface area is 123 Å². The van der Waals surface area contributed by atoms with E-state index in [9.17, 15) is 10.2 Å². The van der Waals surface area contributed by atoms with E-state index >= 15 is 0 Å². The van der Waals surface area contributed by atoms with E-state index in [0.29, 0.717) is 13.2 Å². The van der Waals surface area contributed by atoms with Gasteiger partial charge in [0.2, 0.25) is 0 Å². The van der Waals surface area contributed by atoms with Crippen LogP contribution in [0.4, 0.5) is 0 Å². The maximum absolute atomic E-state index is 10.0. The van der Waals surface area contributed by atoms with Crippen LogP contribution in [0.25, 0.3) is 11.1 Å². The summed E-state index contributed by atoms with van der Waals surface area (Å²) in [5.74, 6) is 0. The molecule has 0 radical (unpaired) electrons. The predicted octanol–water partition coefficient (Wildman–Crippen LogP) is 2.29. The van der Waals surface area contributed by atoms with Gasteiger partial charge in [-0.05, 0) is 35.1 Å². The molecule has 0 amide bonds. The number of ether oxygens (including phenoxy) is 1. The number of pyridine rings is 1. The number of rotatable bonds is 1. The summed E-state index contributed by atoms with van der Waals surface area (Å²) < 4.78 is 5.46. The summed E-state index contributed by atoms with van der Waals surface area (Å²) in [6.45, 7) is 0.832. The molecular weight excluding hydrogens is 266 g/mol. The SMILES string of the molecule is OC1CCc2cc(-c3cncc4c3COCC4O)ccc21. The first-order chi connectivity index (χ1) is 10.2. The molecule has 21 heavy (non-hydrogen) atoms. The third-order valence-corrected chi connectivity index (χ3v) is 4.47. The number of aliphatic hydroxyl groups excluding tert-OH is 2. The standard InChI is InChI=1S/C17H17NO3/c19-16-4-2-10-5-11(1-3-12(10)16)13-6-18-7-14-15(13)8-21-9-17(14)20/h1,3,5-7,16-17,19-20H,2,4,8-9H2. The van der Waals surface area contributed by atoms with Crippen molar-refractivity contribution < 1.29 is 14.9 Å². The van der Waals surface area contributed by atoms with Crippen molar-refractivity contribution in [3.05, 3.63) is 52.8 Å². The van der Waals surface area contributed by atoms with E-state index in [1.807, 2.05) is 18.3 Å². The Hall–Kier alpha value is -1.75. The van der Waals surface area contributed by atoms with Gasteiger partial charge in [0.15, 0.2) is 0 Å². The van der Waals surface area contributed by atoms with Gasteiger partial charge in [-0.3, -0.25) is 4.98 Å². The number of benzene rings is 1. The van der Waals surface area contributed by atoms with Crippen LogP contribution in [0.2, 0.25) is 0 Å². The van der Waals surface area contributed by atoms with Gasteiger partial charge >= 0.3 is 0 Å². The smallest absolute Gasteiger partial charge is 0.104 e. The lowest BCUT2D eigenvalue weighted by molar-refractivity contribution is 0.00981. The fraction of sp³-hybridized carbons (Fsp3) is 0.353. The van der Waals surface area contributed by atoms with Crippen molar-refractivity contribution in [2.24, 2.45) is 0 Å². The van der Waals surface area contributed by atoms with Crippen LogP contribution in [0, 0.1) is 0 Å². The van der Waals surface area contributed by atoms with Gasteiger partial charge in [-0.15, -0.1) is 0 Å². The number of hydrogen-bond donors (Lipinski definition) is 2. The van der Waals surface area contributed by atoms with Crippen molar-refractivity contribution in [2.75, 3.05) is 6.61 Å². The number of hydrogen-bond acceptors (Lipinski definition) is 4. The van der Waals surface area contributed by atoms with E-state index in [4.69, 9.17) is 4.74 Å². The summed E-state index contributed by atoms with van der Waals surface area (Å²) in [7, 11) is 0. The van der Waals surface area contributed by atoms with Gasteiger partial charge in [0.05, 0.1) is 19.3 Å². The predicted molar refractivity (Wildman–Crippen MR) is 77.6 cm³/mol. The van der Waals surface area contributed by atoms with Crippen molar-refractivity contribution in [1.29, 1.82) is 0 Å². The first kappa shape index (κ1) is 13.0. The van der Waals surface area contributed by atoms with Crippen molar-refractivity contribution in [2.45, 2.75) is 31.7 Å². The van der Waals surface area contributed by atoms with Crippen LogP contribution in [0.5, 0.6) is 0 Å². The highest BCUT2D eigenvalue weighted by atomic mass is 16.5. The summed E-state index contributed by atoms with van der Waals surface area (Å²) in [5, 5.41) is 19.9. The van der Waals surface area contributed by atoms with Crippen LogP contribution >= 0.6 is 0 Å². The molecule has 4 rings (SSSR count). The van der Waals surface area contributed by atoms with Gasteiger partial charge in [-0.2, -0.15) is 0 Å². The second kappa shape index (κ2) is 4.91. The van der Waals surface area contributed by atoms with Gasteiger partial charge in [0.25, 0.3) is 0 Å². The third kappa shape index (κ3) is 2.07. The minimum atomic E-state index is -0.600. The van der Waals surface area contributed by atoms with Gasteiger partial charge in [0, 0.05) is 23.5 Å². The van der Waals surface area contributed by atoms with Crippen molar-refractivity contribution in [3.63, 3.8) is 0 Å². The highest BCUT2D eigenvalue weighted by Gasteiger charge is 2.24. The van der Waals surface area contributed by atoms with Crippen LogP contribution in [-0.2, 0) is 17.8 Å². The molecule has 0 fully saturated rings. The maximum atomic E-state index is 10.0.